The Morgan fingerprint density at radius 2 is 1.93 bits per heavy atom. The summed E-state index contributed by atoms with van der Waals surface area (Å²) in [5.74, 6) is -1.06. The van der Waals surface area contributed by atoms with E-state index in [0.717, 1.165) is 5.01 Å². The molecule has 0 aliphatic carbocycles. The molecule has 0 spiro atoms. The normalized spacial score (nSPS) is 16.3. The fourth-order valence-electron chi connectivity index (χ4n) is 3.59. The number of rotatable bonds is 5. The summed E-state index contributed by atoms with van der Waals surface area (Å²) in [6.07, 6.45) is 3.17. The topological polar surface area (TPSA) is 92.6 Å². The van der Waals surface area contributed by atoms with Crippen LogP contribution >= 0.6 is 11.3 Å². The molecule has 0 fully saturated rings. The number of aromatic nitrogens is 2. The van der Waals surface area contributed by atoms with E-state index in [1.165, 1.54) is 23.3 Å². The quantitative estimate of drug-likeness (QED) is 0.627. The summed E-state index contributed by atoms with van der Waals surface area (Å²) in [4.78, 5) is 36.7. The van der Waals surface area contributed by atoms with E-state index in [-0.39, 0.29) is 5.57 Å². The van der Waals surface area contributed by atoms with Crippen molar-refractivity contribution in [2.24, 2.45) is 0 Å². The Hall–Kier alpha value is -3.52. The molecule has 3 heterocycles. The first-order valence-corrected chi connectivity index (χ1v) is 10.0. The second-order valence-corrected chi connectivity index (χ2v) is 8.00. The first kappa shape index (κ1) is 19.8. The molecule has 1 aliphatic heterocycles. The molecule has 4 rings (SSSR count). The number of carbonyl (C=O) groups is 2. The molecule has 30 heavy (non-hydrogen) atoms. The van der Waals surface area contributed by atoms with Crippen LogP contribution in [0.5, 0.6) is 5.75 Å². The summed E-state index contributed by atoms with van der Waals surface area (Å²) in [5, 5.41) is 11.5. The number of nitrogens with zero attached hydrogens (tertiary/aromatic N) is 3. The summed E-state index contributed by atoms with van der Waals surface area (Å²) in [5.41, 5.74) is 1.77. The van der Waals surface area contributed by atoms with Crippen LogP contribution in [0.4, 0.5) is 5.69 Å². The van der Waals surface area contributed by atoms with Gasteiger partial charge in [0.15, 0.2) is 5.76 Å². The highest BCUT2D eigenvalue weighted by Crippen LogP contribution is 2.43. The predicted octanol–water partition coefficient (Wildman–Crippen LogP) is 3.95. The van der Waals surface area contributed by atoms with Gasteiger partial charge in [-0.05, 0) is 43.7 Å². The molecule has 1 aromatic carbocycles. The number of amides is 1. The van der Waals surface area contributed by atoms with Crippen LogP contribution in [-0.2, 0) is 4.79 Å². The Labute approximate surface area is 177 Å². The van der Waals surface area contributed by atoms with Gasteiger partial charge in [0, 0.05) is 24.1 Å². The van der Waals surface area contributed by atoms with Gasteiger partial charge >= 0.3 is 0 Å². The van der Waals surface area contributed by atoms with Crippen molar-refractivity contribution in [2.45, 2.75) is 19.9 Å². The van der Waals surface area contributed by atoms with Crippen molar-refractivity contribution in [3.8, 4) is 5.75 Å². The standard InChI is InChI=1S/C22H19N3O4S/c1-12-21(30-13(2)24-12)19(26)17-18(14-7-9-23-10-8-14)25(22(28)20(17)27)15-5-4-6-16(11-15)29-3/h4-11,18,27H,1-3H3. The fourth-order valence-corrected chi connectivity index (χ4v) is 4.46. The lowest BCUT2D eigenvalue weighted by Gasteiger charge is -2.27. The number of ether oxygens (including phenoxy) is 1. The molecular weight excluding hydrogens is 402 g/mol. The van der Waals surface area contributed by atoms with Gasteiger partial charge in [0.05, 0.1) is 34.3 Å². The number of benzene rings is 1. The molecular formula is C22H19N3O4S. The highest BCUT2D eigenvalue weighted by atomic mass is 32.1. The van der Waals surface area contributed by atoms with Crippen LogP contribution in [0.1, 0.15) is 32.0 Å². The maximum absolute atomic E-state index is 13.5. The highest BCUT2D eigenvalue weighted by molar-refractivity contribution is 7.14. The zero-order valence-corrected chi connectivity index (χ0v) is 17.4. The Morgan fingerprint density at radius 3 is 2.57 bits per heavy atom. The average molecular weight is 421 g/mol. The minimum absolute atomic E-state index is 0.0285. The summed E-state index contributed by atoms with van der Waals surface area (Å²) >= 11 is 1.24. The van der Waals surface area contributed by atoms with E-state index < -0.39 is 23.5 Å². The number of hydrogen-bond acceptors (Lipinski definition) is 7. The van der Waals surface area contributed by atoms with Gasteiger partial charge in [-0.3, -0.25) is 19.5 Å². The molecule has 0 bridgehead atoms. The first-order chi connectivity index (χ1) is 14.4. The van der Waals surface area contributed by atoms with Crippen LogP contribution in [0.2, 0.25) is 0 Å². The van der Waals surface area contributed by atoms with E-state index >= 15 is 0 Å². The van der Waals surface area contributed by atoms with Gasteiger partial charge in [0.25, 0.3) is 5.91 Å². The molecule has 1 amide bonds. The number of aryl methyl sites for hydroxylation is 2. The number of pyridine rings is 1. The molecule has 0 radical (unpaired) electrons. The lowest BCUT2D eigenvalue weighted by Crippen LogP contribution is -2.31. The van der Waals surface area contributed by atoms with Crippen LogP contribution in [-0.4, -0.2) is 33.9 Å². The summed E-state index contributed by atoms with van der Waals surface area (Å²) in [6.45, 7) is 3.55. The summed E-state index contributed by atoms with van der Waals surface area (Å²) in [6, 6.07) is 9.57. The van der Waals surface area contributed by atoms with E-state index in [1.807, 2.05) is 6.92 Å². The molecule has 2 aromatic heterocycles. The van der Waals surface area contributed by atoms with E-state index in [4.69, 9.17) is 4.74 Å². The van der Waals surface area contributed by atoms with Gasteiger partial charge in [-0.1, -0.05) is 6.07 Å². The smallest absolute Gasteiger partial charge is 0.294 e. The number of thiazole rings is 1. The number of carbonyl (C=O) groups excluding carboxylic acids is 2. The lowest BCUT2D eigenvalue weighted by molar-refractivity contribution is -0.117. The van der Waals surface area contributed by atoms with Crippen molar-refractivity contribution in [3.05, 3.63) is 81.3 Å². The Balaban J connectivity index is 1.89. The lowest BCUT2D eigenvalue weighted by atomic mass is 9.95. The molecule has 7 nitrogen and oxygen atoms in total. The van der Waals surface area contributed by atoms with E-state index in [0.29, 0.717) is 27.6 Å². The largest absolute Gasteiger partial charge is 0.503 e. The van der Waals surface area contributed by atoms with Crippen molar-refractivity contribution >= 4 is 28.7 Å². The summed E-state index contributed by atoms with van der Waals surface area (Å²) in [7, 11) is 1.53. The molecule has 1 aliphatic rings. The van der Waals surface area contributed by atoms with Crippen molar-refractivity contribution in [1.29, 1.82) is 0 Å². The van der Waals surface area contributed by atoms with Gasteiger partial charge < -0.3 is 9.84 Å². The third-order valence-electron chi connectivity index (χ3n) is 4.92. The zero-order valence-electron chi connectivity index (χ0n) is 16.6. The van der Waals surface area contributed by atoms with Gasteiger partial charge in [0.2, 0.25) is 5.78 Å². The summed E-state index contributed by atoms with van der Waals surface area (Å²) < 4.78 is 5.28. The molecule has 8 heteroatoms. The van der Waals surface area contributed by atoms with Crippen LogP contribution in [0, 0.1) is 13.8 Å². The third kappa shape index (κ3) is 3.25. The minimum Gasteiger partial charge on any atom is -0.503 e. The molecule has 0 saturated carbocycles. The van der Waals surface area contributed by atoms with Crippen LogP contribution < -0.4 is 9.64 Å². The van der Waals surface area contributed by atoms with Crippen molar-refractivity contribution in [2.75, 3.05) is 12.0 Å². The van der Waals surface area contributed by atoms with Crippen molar-refractivity contribution < 1.29 is 19.4 Å². The van der Waals surface area contributed by atoms with Gasteiger partial charge in [0.1, 0.15) is 5.75 Å². The number of methoxy groups -OCH3 is 1. The van der Waals surface area contributed by atoms with Crippen LogP contribution in [0.3, 0.4) is 0 Å². The van der Waals surface area contributed by atoms with E-state index in [1.54, 1.807) is 55.7 Å². The van der Waals surface area contributed by atoms with E-state index in [9.17, 15) is 14.7 Å². The number of ketones is 1. The predicted molar refractivity (Wildman–Crippen MR) is 113 cm³/mol. The Kier molecular flexibility index (Phi) is 5.09. The number of aliphatic hydroxyl groups is 1. The third-order valence-corrected chi connectivity index (χ3v) is 5.99. The Bertz CT molecular complexity index is 1170. The second kappa shape index (κ2) is 7.72. The number of hydrogen-bond donors (Lipinski definition) is 1. The first-order valence-electron chi connectivity index (χ1n) is 9.21. The van der Waals surface area contributed by atoms with Crippen molar-refractivity contribution in [1.82, 2.24) is 9.97 Å². The van der Waals surface area contributed by atoms with Crippen LogP contribution in [0.15, 0.2) is 60.1 Å². The molecule has 152 valence electrons. The molecule has 3 aromatic rings. The molecule has 0 saturated heterocycles. The van der Waals surface area contributed by atoms with Gasteiger partial charge in [-0.15, -0.1) is 11.3 Å². The van der Waals surface area contributed by atoms with E-state index in [2.05, 4.69) is 9.97 Å². The zero-order chi connectivity index (χ0) is 21.4. The second-order valence-electron chi connectivity index (χ2n) is 6.80. The fraction of sp³-hybridized carbons (Fsp3) is 0.182. The Morgan fingerprint density at radius 1 is 1.20 bits per heavy atom. The van der Waals surface area contributed by atoms with Crippen molar-refractivity contribution in [3.63, 3.8) is 0 Å². The monoisotopic (exact) mass is 421 g/mol. The highest BCUT2D eigenvalue weighted by Gasteiger charge is 2.45. The number of anilines is 1. The van der Waals surface area contributed by atoms with Gasteiger partial charge in [-0.25, -0.2) is 4.98 Å². The number of aliphatic hydroxyl groups excluding tert-OH is 1. The minimum atomic E-state index is -0.804. The maximum Gasteiger partial charge on any atom is 0.294 e. The average Bonchev–Trinajstić information content (AvgIpc) is 3.23. The molecule has 1 atom stereocenters. The maximum atomic E-state index is 13.5. The number of Topliss-reactive ketones (excluding diaryl/α,β-unsaturated/α-hetero) is 1. The SMILES string of the molecule is COc1cccc(N2C(=O)C(O)=C(C(=O)c3sc(C)nc3C)C2c2ccncc2)c1. The molecule has 1 N–H and O–H groups in total. The van der Waals surface area contributed by atoms with Gasteiger partial charge in [-0.2, -0.15) is 0 Å². The van der Waals surface area contributed by atoms with Crippen LogP contribution in [0.25, 0.3) is 0 Å². The molecule has 1 unspecified atom stereocenters.